The van der Waals surface area contributed by atoms with Crippen molar-refractivity contribution < 1.29 is 13.9 Å². The number of fused-ring (bicyclic) bond motifs is 2. The number of hydrogen-bond donors (Lipinski definition) is 0. The maximum atomic E-state index is 16.1. The number of carbonyl (C=O) groups excluding carboxylic acids is 1. The zero-order valence-corrected chi connectivity index (χ0v) is 23.6. The van der Waals surface area contributed by atoms with Gasteiger partial charge in [-0.25, -0.2) is 9.18 Å². The Hall–Kier alpha value is -2.16. The number of pyridine rings is 1. The monoisotopic (exact) mass is 591 g/mol. The van der Waals surface area contributed by atoms with E-state index in [1.54, 1.807) is 16.2 Å². The highest BCUT2D eigenvalue weighted by molar-refractivity contribution is 9.08. The molecule has 1 fully saturated rings. The van der Waals surface area contributed by atoms with Crippen LogP contribution in [0.5, 0.6) is 0 Å². The first-order valence-corrected chi connectivity index (χ1v) is 14.3. The Labute approximate surface area is 227 Å². The van der Waals surface area contributed by atoms with Crippen LogP contribution < -0.4 is 0 Å². The molecular weight excluding hydrogens is 565 g/mol. The lowest BCUT2D eigenvalue weighted by Crippen LogP contribution is -2.47. The van der Waals surface area contributed by atoms with Crippen LogP contribution in [0.1, 0.15) is 38.5 Å². The molecule has 3 aromatic heterocycles. The number of rotatable bonds is 4. The summed E-state index contributed by atoms with van der Waals surface area (Å²) in [4.78, 5) is 19.8. The summed E-state index contributed by atoms with van der Waals surface area (Å²) in [7, 11) is 0. The number of likely N-dealkylation sites (tertiary alicyclic amines) is 1. The fourth-order valence-electron chi connectivity index (χ4n) is 4.80. The molecule has 190 valence electrons. The number of ether oxygens (including phenoxy) is 1. The minimum atomic E-state index is -1.43. The number of piperidine rings is 1. The second-order valence-corrected chi connectivity index (χ2v) is 12.5. The van der Waals surface area contributed by atoms with Crippen molar-refractivity contribution >= 4 is 66.1 Å². The average molecular weight is 593 g/mol. The first-order valence-electron chi connectivity index (χ1n) is 11.9. The number of thiophene rings is 1. The van der Waals surface area contributed by atoms with Crippen LogP contribution in [-0.4, -0.2) is 44.9 Å². The summed E-state index contributed by atoms with van der Waals surface area (Å²) < 4.78 is 24.7. The van der Waals surface area contributed by atoms with Crippen LogP contribution in [0.3, 0.4) is 0 Å². The SMILES string of the molecule is CC(C)(C)OC(=O)N1CCC(F)(Cn2ccc3cc(Cl)cc(-c4ccnc5cc(CBr)sc45)c32)CC1. The van der Waals surface area contributed by atoms with Gasteiger partial charge in [-0.15, -0.1) is 11.3 Å². The predicted molar refractivity (Wildman–Crippen MR) is 149 cm³/mol. The average Bonchev–Trinajstić information content (AvgIpc) is 3.41. The van der Waals surface area contributed by atoms with Gasteiger partial charge in [-0.1, -0.05) is 27.5 Å². The van der Waals surface area contributed by atoms with Crippen molar-refractivity contribution in [2.24, 2.45) is 0 Å². The fraction of sp³-hybridized carbons (Fsp3) is 0.407. The van der Waals surface area contributed by atoms with Crippen LogP contribution in [0, 0.1) is 0 Å². The summed E-state index contributed by atoms with van der Waals surface area (Å²) >= 11 is 11.8. The van der Waals surface area contributed by atoms with Crippen molar-refractivity contribution in [3.8, 4) is 11.1 Å². The molecule has 0 aliphatic carbocycles. The van der Waals surface area contributed by atoms with Crippen LogP contribution in [0.4, 0.5) is 9.18 Å². The lowest BCUT2D eigenvalue weighted by molar-refractivity contribution is -0.000251. The van der Waals surface area contributed by atoms with Gasteiger partial charge in [-0.2, -0.15) is 0 Å². The Bertz CT molecular complexity index is 1440. The highest BCUT2D eigenvalue weighted by Gasteiger charge is 2.38. The fourth-order valence-corrected chi connectivity index (χ4v) is 6.52. The molecule has 4 heterocycles. The third-order valence-electron chi connectivity index (χ3n) is 6.48. The maximum absolute atomic E-state index is 16.1. The number of amides is 1. The van der Waals surface area contributed by atoms with Gasteiger partial charge in [0.1, 0.15) is 11.3 Å². The van der Waals surface area contributed by atoms with Crippen molar-refractivity contribution in [1.29, 1.82) is 0 Å². The van der Waals surface area contributed by atoms with Crippen molar-refractivity contribution in [2.75, 3.05) is 13.1 Å². The van der Waals surface area contributed by atoms with E-state index in [0.29, 0.717) is 18.1 Å². The number of halogens is 3. The van der Waals surface area contributed by atoms with Crippen molar-refractivity contribution in [2.45, 2.75) is 56.8 Å². The second-order valence-electron chi connectivity index (χ2n) is 10.4. The second kappa shape index (κ2) is 9.62. The molecule has 0 saturated carbocycles. The lowest BCUT2D eigenvalue weighted by Gasteiger charge is -2.37. The number of carbonyl (C=O) groups is 1. The molecule has 0 atom stereocenters. The summed E-state index contributed by atoms with van der Waals surface area (Å²) in [6, 6.07) is 9.96. The standard InChI is InChI=1S/C27H28BrClFN3O2S/c1-26(2,3)35-25(34)32-10-6-27(30,7-11-32)16-33-9-5-17-12-18(29)13-21(23(17)33)20-4-8-31-22-14-19(15-28)36-24(20)22/h4-5,8-9,12-14H,6-7,10-11,15-16H2,1-3H3. The van der Waals surface area contributed by atoms with E-state index in [2.05, 4.69) is 27.0 Å². The van der Waals surface area contributed by atoms with Crippen molar-refractivity contribution in [3.05, 3.63) is 52.6 Å². The van der Waals surface area contributed by atoms with E-state index in [-0.39, 0.29) is 25.5 Å². The van der Waals surface area contributed by atoms with Crippen LogP contribution >= 0.6 is 38.9 Å². The minimum absolute atomic E-state index is 0.207. The summed E-state index contributed by atoms with van der Waals surface area (Å²) in [5.74, 6) is 0. The van der Waals surface area contributed by atoms with E-state index in [1.807, 2.05) is 62.0 Å². The Morgan fingerprint density at radius 3 is 2.67 bits per heavy atom. The van der Waals surface area contributed by atoms with Crippen LogP contribution in [0.2, 0.25) is 5.02 Å². The number of alkyl halides is 2. The van der Waals surface area contributed by atoms with Crippen molar-refractivity contribution in [3.63, 3.8) is 0 Å². The molecule has 0 N–H and O–H groups in total. The summed E-state index contributed by atoms with van der Waals surface area (Å²) in [6.45, 7) is 6.38. The molecule has 4 aromatic rings. The summed E-state index contributed by atoms with van der Waals surface area (Å²) in [6.07, 6.45) is 3.88. The zero-order chi connectivity index (χ0) is 25.7. The smallest absolute Gasteiger partial charge is 0.410 e. The zero-order valence-electron chi connectivity index (χ0n) is 20.5. The third kappa shape index (κ3) is 5.13. The molecule has 1 aromatic carbocycles. The summed E-state index contributed by atoms with van der Waals surface area (Å²) in [5, 5.41) is 2.37. The van der Waals surface area contributed by atoms with E-state index in [1.165, 1.54) is 4.88 Å². The molecule has 5 rings (SSSR count). The van der Waals surface area contributed by atoms with E-state index in [0.717, 1.165) is 37.6 Å². The van der Waals surface area contributed by atoms with Crippen LogP contribution in [0.15, 0.2) is 42.7 Å². The van der Waals surface area contributed by atoms with Gasteiger partial charge in [0.25, 0.3) is 0 Å². The normalized spacial score (nSPS) is 16.1. The number of aromatic nitrogens is 2. The van der Waals surface area contributed by atoms with E-state index < -0.39 is 11.3 Å². The molecule has 1 aliphatic heterocycles. The topological polar surface area (TPSA) is 47.4 Å². The van der Waals surface area contributed by atoms with Gasteiger partial charge in [0.2, 0.25) is 0 Å². The van der Waals surface area contributed by atoms with E-state index >= 15 is 4.39 Å². The Morgan fingerprint density at radius 2 is 1.97 bits per heavy atom. The molecule has 36 heavy (non-hydrogen) atoms. The van der Waals surface area contributed by atoms with E-state index in [9.17, 15) is 4.79 Å². The number of hydrogen-bond acceptors (Lipinski definition) is 4. The highest BCUT2D eigenvalue weighted by atomic mass is 79.9. The molecule has 1 amide bonds. The lowest BCUT2D eigenvalue weighted by atomic mass is 9.93. The molecule has 0 bridgehead atoms. The molecule has 5 nitrogen and oxygen atoms in total. The van der Waals surface area contributed by atoms with Crippen LogP contribution in [-0.2, 0) is 16.6 Å². The third-order valence-corrected chi connectivity index (χ3v) is 8.83. The van der Waals surface area contributed by atoms with Gasteiger partial charge in [0.05, 0.1) is 22.3 Å². The quantitative estimate of drug-likeness (QED) is 0.224. The first-order chi connectivity index (χ1) is 17.0. The largest absolute Gasteiger partial charge is 0.444 e. The first kappa shape index (κ1) is 25.5. The van der Waals surface area contributed by atoms with E-state index in [4.69, 9.17) is 16.3 Å². The predicted octanol–water partition coefficient (Wildman–Crippen LogP) is 8.21. The molecule has 0 radical (unpaired) electrons. The Balaban J connectivity index is 1.47. The summed E-state index contributed by atoms with van der Waals surface area (Å²) in [5.41, 5.74) is 1.90. The Morgan fingerprint density at radius 1 is 1.22 bits per heavy atom. The van der Waals surface area contributed by atoms with Gasteiger partial charge in [-0.3, -0.25) is 4.98 Å². The number of benzene rings is 1. The molecule has 0 spiro atoms. The minimum Gasteiger partial charge on any atom is -0.444 e. The Kier molecular flexibility index (Phi) is 6.81. The molecule has 0 unspecified atom stereocenters. The van der Waals surface area contributed by atoms with Crippen molar-refractivity contribution in [1.82, 2.24) is 14.5 Å². The van der Waals surface area contributed by atoms with Gasteiger partial charge in [-0.05, 0) is 51.1 Å². The molecule has 9 heteroatoms. The molecule has 1 aliphatic rings. The molecular formula is C27H28BrClFN3O2S. The highest BCUT2D eigenvalue weighted by Crippen LogP contribution is 2.40. The molecule has 1 saturated heterocycles. The van der Waals surface area contributed by atoms with Crippen LogP contribution in [0.25, 0.3) is 32.2 Å². The maximum Gasteiger partial charge on any atom is 0.410 e. The van der Waals surface area contributed by atoms with Gasteiger partial charge >= 0.3 is 6.09 Å². The van der Waals surface area contributed by atoms with Gasteiger partial charge in [0.15, 0.2) is 0 Å². The number of nitrogens with zero attached hydrogens (tertiary/aromatic N) is 3. The van der Waals surface area contributed by atoms with Gasteiger partial charge in [0, 0.05) is 70.1 Å². The van der Waals surface area contributed by atoms with Gasteiger partial charge < -0.3 is 14.2 Å².